The van der Waals surface area contributed by atoms with E-state index in [1.165, 1.54) is 0 Å². The Morgan fingerprint density at radius 3 is 2.18 bits per heavy atom. The summed E-state index contributed by atoms with van der Waals surface area (Å²) in [4.78, 5) is 35.4. The maximum atomic E-state index is 9.82. The van der Waals surface area contributed by atoms with E-state index in [9.17, 15) is 4.79 Å². The van der Waals surface area contributed by atoms with E-state index >= 15 is 0 Å². The van der Waals surface area contributed by atoms with E-state index in [4.69, 9.17) is 14.7 Å². The summed E-state index contributed by atoms with van der Waals surface area (Å²) in [5.41, 5.74) is 0. The summed E-state index contributed by atoms with van der Waals surface area (Å²) in [6, 6.07) is 0. The van der Waals surface area contributed by atoms with E-state index in [-0.39, 0.29) is 6.16 Å². The fraction of sp³-hybridized carbons (Fsp3) is 0.833. The van der Waals surface area contributed by atoms with Gasteiger partial charge in [-0.05, 0) is 19.3 Å². The molecule has 0 saturated carbocycles. The zero-order valence-electron chi connectivity index (χ0n) is 6.31. The van der Waals surface area contributed by atoms with Gasteiger partial charge in [0.15, 0.2) is 0 Å². The number of hydrogen-bond donors (Lipinski definition) is 3. The second-order valence-corrected chi connectivity index (χ2v) is 4.26. The summed E-state index contributed by atoms with van der Waals surface area (Å²) in [6.07, 6.45) is 3.45. The third-order valence-electron chi connectivity index (χ3n) is 1.28. The van der Waals surface area contributed by atoms with Crippen LogP contribution in [0.5, 0.6) is 0 Å². The predicted octanol–water partition coefficient (Wildman–Crippen LogP) is 0.485. The van der Waals surface area contributed by atoms with Gasteiger partial charge in [0, 0.05) is 6.42 Å². The highest BCUT2D eigenvalue weighted by atomic mass is 31.2. The van der Waals surface area contributed by atoms with Crippen LogP contribution in [-0.2, 0) is 4.79 Å². The Bertz CT molecular complexity index is 110. The van der Waals surface area contributed by atoms with Crippen LogP contribution in [-0.4, -0.2) is 27.1 Å². The number of aldehydes is 1. The molecule has 0 unspecified atom stereocenters. The first-order valence-corrected chi connectivity index (χ1v) is 5.39. The van der Waals surface area contributed by atoms with Crippen LogP contribution in [0.1, 0.15) is 25.7 Å². The molecule has 0 saturated heterocycles. The van der Waals surface area contributed by atoms with Crippen molar-refractivity contribution in [1.82, 2.24) is 0 Å². The largest absolute Gasteiger partial charge is 0.403 e. The van der Waals surface area contributed by atoms with Crippen LogP contribution < -0.4 is 0 Å². The maximum Gasteiger partial charge on any atom is 0.403 e. The quantitative estimate of drug-likeness (QED) is 0.316. The monoisotopic (exact) mass is 181 g/mol. The summed E-state index contributed by atoms with van der Waals surface area (Å²) in [5, 5.41) is 0. The van der Waals surface area contributed by atoms with Gasteiger partial charge in [-0.3, -0.25) is 0 Å². The van der Waals surface area contributed by atoms with Gasteiger partial charge in [-0.1, -0.05) is 0 Å². The molecule has 0 radical (unpaired) electrons. The first kappa shape index (κ1) is 11.0. The fourth-order valence-corrected chi connectivity index (χ4v) is 1.38. The van der Waals surface area contributed by atoms with Crippen LogP contribution in [0, 0.1) is 0 Å². The molecule has 0 spiro atoms. The van der Waals surface area contributed by atoms with Crippen molar-refractivity contribution >= 4 is 14.2 Å². The molecule has 0 aromatic heterocycles. The Balaban J connectivity index is 3.08. The number of rotatable bonds is 6. The molecular formula is C6H14O4P+. The lowest BCUT2D eigenvalue weighted by molar-refractivity contribution is -0.107. The molecule has 0 aromatic rings. The minimum absolute atomic E-state index is 0.0475. The van der Waals surface area contributed by atoms with Gasteiger partial charge in [-0.25, -0.2) is 0 Å². The van der Waals surface area contributed by atoms with Gasteiger partial charge in [0.2, 0.25) is 0 Å². The molecule has 0 atom stereocenters. The number of carbonyl (C=O) groups excluding carboxylic acids is 1. The van der Waals surface area contributed by atoms with Crippen LogP contribution in [0.2, 0.25) is 0 Å². The van der Waals surface area contributed by atoms with Crippen LogP contribution in [0.25, 0.3) is 0 Å². The molecule has 0 aliphatic heterocycles. The molecule has 0 heterocycles. The Morgan fingerprint density at radius 2 is 1.73 bits per heavy atom. The van der Waals surface area contributed by atoms with Gasteiger partial charge in [-0.15, -0.1) is 0 Å². The Kier molecular flexibility index (Phi) is 5.60. The smallest absolute Gasteiger partial charge is 0.303 e. The van der Waals surface area contributed by atoms with Crippen molar-refractivity contribution in [2.45, 2.75) is 25.7 Å². The van der Waals surface area contributed by atoms with E-state index in [1.807, 2.05) is 0 Å². The molecule has 0 aromatic carbocycles. The molecule has 3 N–H and O–H groups in total. The average Bonchev–Trinajstić information content (AvgIpc) is 1.85. The van der Waals surface area contributed by atoms with Crippen molar-refractivity contribution in [3.63, 3.8) is 0 Å². The van der Waals surface area contributed by atoms with E-state index in [1.54, 1.807) is 0 Å². The van der Waals surface area contributed by atoms with Gasteiger partial charge in [0.25, 0.3) is 0 Å². The second-order valence-electron chi connectivity index (χ2n) is 2.43. The number of unbranched alkanes of at least 4 members (excludes halogenated alkanes) is 3. The van der Waals surface area contributed by atoms with Crippen molar-refractivity contribution in [1.29, 1.82) is 0 Å². The van der Waals surface area contributed by atoms with E-state index in [0.29, 0.717) is 12.8 Å². The molecule has 0 bridgehead atoms. The summed E-state index contributed by atoms with van der Waals surface area (Å²) < 4.78 is 0. The topological polar surface area (TPSA) is 77.8 Å². The maximum absolute atomic E-state index is 9.82. The van der Waals surface area contributed by atoms with Crippen LogP contribution in [0.4, 0.5) is 0 Å². The van der Waals surface area contributed by atoms with Gasteiger partial charge >= 0.3 is 7.94 Å². The zero-order chi connectivity index (χ0) is 8.74. The first-order valence-electron chi connectivity index (χ1n) is 3.56. The fourth-order valence-electron chi connectivity index (χ4n) is 0.728. The average molecular weight is 181 g/mol. The van der Waals surface area contributed by atoms with Gasteiger partial charge in [0.1, 0.15) is 12.4 Å². The lowest BCUT2D eigenvalue weighted by atomic mass is 10.2. The third-order valence-corrected chi connectivity index (χ3v) is 2.20. The number of hydrogen-bond acceptors (Lipinski definition) is 4. The lowest BCUT2D eigenvalue weighted by Gasteiger charge is -2.01. The van der Waals surface area contributed by atoms with Crippen LogP contribution in [0.15, 0.2) is 0 Å². The van der Waals surface area contributed by atoms with Crippen molar-refractivity contribution in [2.75, 3.05) is 6.16 Å². The zero-order valence-corrected chi connectivity index (χ0v) is 7.20. The highest BCUT2D eigenvalue weighted by Crippen LogP contribution is 2.45. The molecule has 0 fully saturated rings. The summed E-state index contributed by atoms with van der Waals surface area (Å²) in [7, 11) is -3.55. The molecule has 0 aliphatic rings. The van der Waals surface area contributed by atoms with Gasteiger partial charge < -0.3 is 4.79 Å². The molecule has 4 nitrogen and oxygen atoms in total. The normalized spacial score (nSPS) is 11.5. The summed E-state index contributed by atoms with van der Waals surface area (Å²) >= 11 is 0. The molecule has 66 valence electrons. The minimum Gasteiger partial charge on any atom is -0.303 e. The lowest BCUT2D eigenvalue weighted by Crippen LogP contribution is -1.94. The van der Waals surface area contributed by atoms with Crippen molar-refractivity contribution in [3.8, 4) is 0 Å². The Hall–Kier alpha value is -0.0200. The highest BCUT2D eigenvalue weighted by Gasteiger charge is 2.27. The molecule has 0 aliphatic carbocycles. The van der Waals surface area contributed by atoms with Crippen LogP contribution >= 0.6 is 7.94 Å². The number of carbonyl (C=O) groups is 1. The molecular weight excluding hydrogens is 167 g/mol. The second kappa shape index (κ2) is 5.61. The van der Waals surface area contributed by atoms with Crippen LogP contribution in [0.3, 0.4) is 0 Å². The Morgan fingerprint density at radius 1 is 1.09 bits per heavy atom. The van der Waals surface area contributed by atoms with Gasteiger partial charge in [0.05, 0.1) is 0 Å². The van der Waals surface area contributed by atoms with E-state index < -0.39 is 7.94 Å². The predicted molar refractivity (Wildman–Crippen MR) is 43.0 cm³/mol. The van der Waals surface area contributed by atoms with E-state index in [2.05, 4.69) is 0 Å². The van der Waals surface area contributed by atoms with Crippen molar-refractivity contribution in [2.24, 2.45) is 0 Å². The molecule has 0 amide bonds. The Labute approximate surface area is 66.5 Å². The first-order chi connectivity index (χ1) is 5.06. The van der Waals surface area contributed by atoms with E-state index in [0.717, 1.165) is 19.1 Å². The van der Waals surface area contributed by atoms with Crippen molar-refractivity contribution < 1.29 is 19.5 Å². The molecule has 5 heteroatoms. The summed E-state index contributed by atoms with van der Waals surface area (Å²) in [6.45, 7) is 0. The summed E-state index contributed by atoms with van der Waals surface area (Å²) in [5.74, 6) is 0. The molecule has 0 rings (SSSR count). The standard InChI is InChI=1S/C6H14O4P/c7-5-3-1-2-4-6-11(8,9)10/h5,8-10H,1-4,6H2/q+1. The highest BCUT2D eigenvalue weighted by molar-refractivity contribution is 7.58. The SMILES string of the molecule is O=CCCCCC[P+](O)(O)O. The molecule has 11 heavy (non-hydrogen) atoms. The van der Waals surface area contributed by atoms with Crippen molar-refractivity contribution in [3.05, 3.63) is 0 Å². The minimum atomic E-state index is -3.55. The third kappa shape index (κ3) is 9.98. The van der Waals surface area contributed by atoms with Gasteiger partial charge in [-0.2, -0.15) is 14.7 Å².